The highest BCUT2D eigenvalue weighted by atomic mass is 16.5. The maximum absolute atomic E-state index is 13.5. The molecule has 1 aromatic carbocycles. The van der Waals surface area contributed by atoms with E-state index in [0.717, 1.165) is 5.57 Å². The number of carbonyl (C=O) groups is 2. The van der Waals surface area contributed by atoms with Gasteiger partial charge in [0.25, 0.3) is 0 Å². The first-order valence-electron chi connectivity index (χ1n) is 9.10. The Hall–Kier alpha value is -2.62. The van der Waals surface area contributed by atoms with Gasteiger partial charge in [-0.2, -0.15) is 0 Å². The third-order valence-corrected chi connectivity index (χ3v) is 6.80. The highest BCUT2D eigenvalue weighted by Gasteiger charge is 2.63. The molecule has 3 unspecified atom stereocenters. The van der Waals surface area contributed by atoms with E-state index < -0.39 is 16.7 Å². The second kappa shape index (κ2) is 6.22. The molecule has 0 bridgehead atoms. The van der Waals surface area contributed by atoms with Gasteiger partial charge in [0.1, 0.15) is 11.5 Å². The molecule has 0 heterocycles. The number of carbonyl (C=O) groups excluding carboxylic acids is 2. The molecule has 0 saturated carbocycles. The molecule has 2 aliphatic carbocycles. The van der Waals surface area contributed by atoms with E-state index in [-0.39, 0.29) is 17.3 Å². The Kier molecular flexibility index (Phi) is 4.41. The normalized spacial score (nSPS) is 30.7. The molecule has 0 radical (unpaired) electrons. The van der Waals surface area contributed by atoms with Crippen molar-refractivity contribution in [2.75, 3.05) is 7.11 Å². The Morgan fingerprint density at radius 3 is 2.37 bits per heavy atom. The van der Waals surface area contributed by atoms with Crippen LogP contribution in [0.2, 0.25) is 0 Å². The van der Waals surface area contributed by atoms with Crippen molar-refractivity contribution in [1.29, 1.82) is 0 Å². The van der Waals surface area contributed by atoms with Gasteiger partial charge in [-0.1, -0.05) is 38.6 Å². The van der Waals surface area contributed by atoms with Crippen molar-refractivity contribution in [2.24, 2.45) is 10.8 Å². The third-order valence-electron chi connectivity index (χ3n) is 6.80. The number of fused-ring (bicyclic) bond motifs is 1. The fraction of sp³-hybridized carbons (Fsp3) is 0.391. The molecule has 3 rings (SSSR count). The summed E-state index contributed by atoms with van der Waals surface area (Å²) < 4.78 is 5.19. The lowest BCUT2D eigenvalue weighted by molar-refractivity contribution is -0.147. The first-order chi connectivity index (χ1) is 12.6. The zero-order valence-corrected chi connectivity index (χ0v) is 16.6. The third kappa shape index (κ3) is 2.35. The van der Waals surface area contributed by atoms with Crippen LogP contribution in [0.15, 0.2) is 53.6 Å². The minimum atomic E-state index is -1.02. The molecule has 4 nitrogen and oxygen atoms in total. The van der Waals surface area contributed by atoms with E-state index in [1.54, 1.807) is 32.1 Å². The Balaban J connectivity index is 2.33. The summed E-state index contributed by atoms with van der Waals surface area (Å²) in [7, 11) is 1.53. The van der Waals surface area contributed by atoms with Crippen LogP contribution in [-0.2, 0) is 9.59 Å². The van der Waals surface area contributed by atoms with Gasteiger partial charge in [0, 0.05) is 23.0 Å². The standard InChI is InChI=1S/C23H26O4/c1-7-15-10-11-22(4)20(25)13(2)14(3)21(26)23(22,5)19(15)17-9-8-16(27-6)12-18(17)24/h7-10,12,19,24H,1,11H2,2-6H3. The van der Waals surface area contributed by atoms with E-state index in [0.29, 0.717) is 28.9 Å². The molecule has 27 heavy (non-hydrogen) atoms. The molecule has 0 saturated heterocycles. The fourth-order valence-electron chi connectivity index (χ4n) is 4.74. The number of Topliss-reactive ketones (excluding diaryl/α,β-unsaturated/α-hetero) is 2. The van der Waals surface area contributed by atoms with Crippen molar-refractivity contribution in [2.45, 2.75) is 40.0 Å². The van der Waals surface area contributed by atoms with Gasteiger partial charge in [-0.25, -0.2) is 0 Å². The predicted molar refractivity (Wildman–Crippen MR) is 105 cm³/mol. The zero-order chi connectivity index (χ0) is 20.1. The number of ketones is 2. The van der Waals surface area contributed by atoms with Gasteiger partial charge >= 0.3 is 0 Å². The molecule has 1 aromatic rings. The Morgan fingerprint density at radius 2 is 1.81 bits per heavy atom. The number of phenols is 1. The molecule has 0 aromatic heterocycles. The molecule has 0 spiro atoms. The maximum Gasteiger partial charge on any atom is 0.166 e. The fourth-order valence-corrected chi connectivity index (χ4v) is 4.74. The molecular weight excluding hydrogens is 340 g/mol. The largest absolute Gasteiger partial charge is 0.508 e. The number of hydrogen-bond donors (Lipinski definition) is 1. The number of aromatic hydroxyl groups is 1. The van der Waals surface area contributed by atoms with Crippen molar-refractivity contribution in [1.82, 2.24) is 0 Å². The number of hydrogen-bond acceptors (Lipinski definition) is 4. The lowest BCUT2D eigenvalue weighted by Gasteiger charge is -2.54. The van der Waals surface area contributed by atoms with Crippen LogP contribution in [0.25, 0.3) is 0 Å². The molecule has 1 N–H and O–H groups in total. The average molecular weight is 366 g/mol. The Morgan fingerprint density at radius 1 is 1.19 bits per heavy atom. The summed E-state index contributed by atoms with van der Waals surface area (Å²) in [5.74, 6) is 0.0530. The van der Waals surface area contributed by atoms with Crippen molar-refractivity contribution in [3.8, 4) is 11.5 Å². The van der Waals surface area contributed by atoms with Crippen LogP contribution < -0.4 is 4.74 Å². The molecule has 2 aliphatic rings. The average Bonchev–Trinajstić information content (AvgIpc) is 2.66. The van der Waals surface area contributed by atoms with Gasteiger partial charge in [0.05, 0.1) is 12.5 Å². The monoisotopic (exact) mass is 366 g/mol. The number of methoxy groups -OCH3 is 1. The molecule has 3 atom stereocenters. The van der Waals surface area contributed by atoms with Crippen LogP contribution in [0.4, 0.5) is 0 Å². The highest BCUT2D eigenvalue weighted by Crippen LogP contribution is 2.62. The Labute approximate surface area is 160 Å². The van der Waals surface area contributed by atoms with Crippen molar-refractivity contribution in [3.05, 3.63) is 59.2 Å². The Bertz CT molecular complexity index is 920. The van der Waals surface area contributed by atoms with Gasteiger partial charge in [0.15, 0.2) is 11.6 Å². The minimum Gasteiger partial charge on any atom is -0.508 e. The maximum atomic E-state index is 13.5. The van der Waals surface area contributed by atoms with Crippen LogP contribution in [0, 0.1) is 10.8 Å². The van der Waals surface area contributed by atoms with Gasteiger partial charge < -0.3 is 9.84 Å². The summed E-state index contributed by atoms with van der Waals surface area (Å²) in [5.41, 5.74) is 0.596. The second-order valence-corrected chi connectivity index (χ2v) is 7.91. The van der Waals surface area contributed by atoms with Crippen molar-refractivity contribution < 1.29 is 19.4 Å². The molecule has 142 valence electrons. The number of benzene rings is 1. The number of ether oxygens (including phenoxy) is 1. The zero-order valence-electron chi connectivity index (χ0n) is 16.6. The van der Waals surface area contributed by atoms with Crippen LogP contribution in [0.3, 0.4) is 0 Å². The second-order valence-electron chi connectivity index (χ2n) is 7.91. The summed E-state index contributed by atoms with van der Waals surface area (Å²) in [6.07, 6.45) is 4.16. The van der Waals surface area contributed by atoms with Gasteiger partial charge in [-0.15, -0.1) is 0 Å². The van der Waals surface area contributed by atoms with Gasteiger partial charge in [0.2, 0.25) is 0 Å². The van der Waals surface area contributed by atoms with E-state index in [2.05, 4.69) is 6.58 Å². The molecule has 0 aliphatic heterocycles. The van der Waals surface area contributed by atoms with Gasteiger partial charge in [-0.05, 0) is 43.1 Å². The quantitative estimate of drug-likeness (QED) is 0.855. The summed E-state index contributed by atoms with van der Waals surface area (Å²) in [5, 5.41) is 10.7. The van der Waals surface area contributed by atoms with E-state index in [4.69, 9.17) is 4.74 Å². The molecule has 0 fully saturated rings. The van der Waals surface area contributed by atoms with Gasteiger partial charge in [-0.3, -0.25) is 9.59 Å². The molecular formula is C23H26O4. The van der Waals surface area contributed by atoms with Crippen LogP contribution in [0.1, 0.15) is 45.6 Å². The summed E-state index contributed by atoms with van der Waals surface area (Å²) in [4.78, 5) is 26.8. The van der Waals surface area contributed by atoms with E-state index in [9.17, 15) is 14.7 Å². The highest BCUT2D eigenvalue weighted by molar-refractivity contribution is 6.17. The summed E-state index contributed by atoms with van der Waals surface area (Å²) in [6, 6.07) is 5.06. The summed E-state index contributed by atoms with van der Waals surface area (Å²) in [6.45, 7) is 11.1. The van der Waals surface area contributed by atoms with Crippen LogP contribution in [-0.4, -0.2) is 23.8 Å². The van der Waals surface area contributed by atoms with Crippen LogP contribution >= 0.6 is 0 Å². The lowest BCUT2D eigenvalue weighted by atomic mass is 9.45. The first kappa shape index (κ1) is 19.2. The number of phenolic OH excluding ortho intramolecular Hbond substituents is 1. The SMILES string of the molecule is C=CC1=CCC2(C)C(=O)C(C)=C(C)C(=O)C2(C)C1c1ccc(OC)cc1O. The number of rotatable bonds is 3. The molecule has 4 heteroatoms. The topological polar surface area (TPSA) is 63.6 Å². The van der Waals surface area contributed by atoms with E-state index >= 15 is 0 Å². The van der Waals surface area contributed by atoms with E-state index in [1.807, 2.05) is 19.9 Å². The smallest absolute Gasteiger partial charge is 0.166 e. The predicted octanol–water partition coefficient (Wildman–Crippen LogP) is 4.50. The number of allylic oxidation sites excluding steroid dienone is 5. The summed E-state index contributed by atoms with van der Waals surface area (Å²) >= 11 is 0. The van der Waals surface area contributed by atoms with Crippen LogP contribution in [0.5, 0.6) is 11.5 Å². The first-order valence-corrected chi connectivity index (χ1v) is 9.10. The van der Waals surface area contributed by atoms with Crippen molar-refractivity contribution >= 4 is 11.6 Å². The molecule has 0 amide bonds. The minimum absolute atomic E-state index is 0.000497. The van der Waals surface area contributed by atoms with E-state index in [1.165, 1.54) is 13.2 Å². The van der Waals surface area contributed by atoms with Crippen molar-refractivity contribution in [3.63, 3.8) is 0 Å². The lowest BCUT2D eigenvalue weighted by Crippen LogP contribution is -2.57.